The molecule has 1 N–H and O–H groups in total. The number of guanidine groups is 1. The van der Waals surface area contributed by atoms with E-state index < -0.39 is 0 Å². The molecule has 0 unspecified atom stereocenters. The number of nitriles is 1. The van der Waals surface area contributed by atoms with Crippen LogP contribution < -0.4 is 15.1 Å². The molecule has 7 nitrogen and oxygen atoms in total. The van der Waals surface area contributed by atoms with Gasteiger partial charge < -0.3 is 19.6 Å². The number of halogens is 1. The van der Waals surface area contributed by atoms with Crippen molar-refractivity contribution in [3.63, 3.8) is 0 Å². The Kier molecular flexibility index (Phi) is 8.32. The molecular formula is C30H34ClN7. The van der Waals surface area contributed by atoms with Crippen molar-refractivity contribution < 1.29 is 0 Å². The number of aliphatic imine (C=N–C) groups is 1. The van der Waals surface area contributed by atoms with E-state index in [4.69, 9.17) is 11.6 Å². The van der Waals surface area contributed by atoms with Crippen LogP contribution in [0.15, 0.2) is 77.8 Å². The van der Waals surface area contributed by atoms with Gasteiger partial charge in [-0.3, -0.25) is 5.32 Å². The van der Waals surface area contributed by atoms with E-state index in [1.54, 1.807) is 6.07 Å². The predicted molar refractivity (Wildman–Crippen MR) is 156 cm³/mol. The molecular weight excluding hydrogens is 494 g/mol. The monoisotopic (exact) mass is 527 g/mol. The van der Waals surface area contributed by atoms with Crippen molar-refractivity contribution in [2.45, 2.75) is 6.42 Å². The van der Waals surface area contributed by atoms with Crippen LogP contribution >= 0.6 is 11.6 Å². The van der Waals surface area contributed by atoms with Gasteiger partial charge in [0.2, 0.25) is 5.96 Å². The Bertz CT molecular complexity index is 1270. The molecule has 3 aromatic carbocycles. The molecule has 0 bridgehead atoms. The summed E-state index contributed by atoms with van der Waals surface area (Å²) in [4.78, 5) is 13.9. The Morgan fingerprint density at radius 2 is 1.32 bits per heavy atom. The predicted octanol–water partition coefficient (Wildman–Crippen LogP) is 4.56. The van der Waals surface area contributed by atoms with E-state index in [2.05, 4.69) is 85.5 Å². The van der Waals surface area contributed by atoms with Crippen molar-refractivity contribution in [2.75, 3.05) is 69.2 Å². The average Bonchev–Trinajstić information content (AvgIpc) is 2.95. The standard InChI is InChI=1S/C30H34ClN7/c1-35-14-16-36(17-15-35)26-10-6-24(7-11-26)22-25-8-12-27(13-9-25)37-18-20-38(21-19-37)30(33-23-32)34-29-5-3-2-4-28(29)31/h2-13H,14-22H2,1H3,(H,33,34). The fourth-order valence-electron chi connectivity index (χ4n) is 5.01. The minimum Gasteiger partial charge on any atom is -0.369 e. The molecule has 0 atom stereocenters. The first-order valence-electron chi connectivity index (χ1n) is 13.2. The molecule has 2 saturated heterocycles. The third kappa shape index (κ3) is 6.39. The van der Waals surface area contributed by atoms with Crippen molar-refractivity contribution in [3.05, 3.63) is 88.9 Å². The molecule has 3 aromatic rings. The molecule has 2 aliphatic heterocycles. The van der Waals surface area contributed by atoms with Gasteiger partial charge in [0.1, 0.15) is 0 Å². The molecule has 2 heterocycles. The maximum atomic E-state index is 9.24. The lowest BCUT2D eigenvalue weighted by atomic mass is 10.0. The minimum absolute atomic E-state index is 0.536. The highest BCUT2D eigenvalue weighted by Gasteiger charge is 2.21. The van der Waals surface area contributed by atoms with Gasteiger partial charge in [-0.25, -0.2) is 4.99 Å². The van der Waals surface area contributed by atoms with Crippen LogP contribution in [0.2, 0.25) is 5.02 Å². The molecule has 8 heteroatoms. The number of nitrogens with zero attached hydrogens (tertiary/aromatic N) is 6. The second-order valence-corrected chi connectivity index (χ2v) is 10.3. The van der Waals surface area contributed by atoms with E-state index in [1.807, 2.05) is 24.4 Å². The summed E-state index contributed by atoms with van der Waals surface area (Å²) in [6.45, 7) is 7.66. The third-order valence-corrected chi connectivity index (χ3v) is 7.66. The number of benzene rings is 3. The maximum Gasteiger partial charge on any atom is 0.212 e. The molecule has 38 heavy (non-hydrogen) atoms. The molecule has 5 rings (SSSR count). The van der Waals surface area contributed by atoms with Crippen LogP contribution in [0.3, 0.4) is 0 Å². The van der Waals surface area contributed by atoms with Gasteiger partial charge in [-0.05, 0) is 61.0 Å². The fourth-order valence-corrected chi connectivity index (χ4v) is 5.19. The van der Waals surface area contributed by atoms with E-state index >= 15 is 0 Å². The van der Waals surface area contributed by atoms with Crippen LogP contribution in [0.4, 0.5) is 17.1 Å². The average molecular weight is 528 g/mol. The largest absolute Gasteiger partial charge is 0.369 e. The van der Waals surface area contributed by atoms with Crippen LogP contribution in [0.25, 0.3) is 0 Å². The van der Waals surface area contributed by atoms with Crippen molar-refractivity contribution in [3.8, 4) is 6.19 Å². The Balaban J connectivity index is 1.16. The summed E-state index contributed by atoms with van der Waals surface area (Å²) in [6.07, 6.45) is 2.94. The second kappa shape index (κ2) is 12.2. The van der Waals surface area contributed by atoms with Crippen LogP contribution in [0.5, 0.6) is 0 Å². The van der Waals surface area contributed by atoms with E-state index in [0.717, 1.165) is 58.8 Å². The maximum absolute atomic E-state index is 9.24. The van der Waals surface area contributed by atoms with Gasteiger partial charge in [-0.15, -0.1) is 0 Å². The van der Waals surface area contributed by atoms with Gasteiger partial charge in [0.05, 0.1) is 10.7 Å². The highest BCUT2D eigenvalue weighted by atomic mass is 35.5. The number of para-hydroxylation sites is 1. The van der Waals surface area contributed by atoms with Crippen molar-refractivity contribution in [1.29, 1.82) is 5.26 Å². The van der Waals surface area contributed by atoms with Crippen LogP contribution in [0.1, 0.15) is 11.1 Å². The minimum atomic E-state index is 0.536. The van der Waals surface area contributed by atoms with Crippen molar-refractivity contribution in [1.82, 2.24) is 15.1 Å². The number of likely N-dealkylation sites (N-methyl/N-ethyl adjacent to an activating group) is 1. The van der Waals surface area contributed by atoms with Gasteiger partial charge in [-0.1, -0.05) is 48.0 Å². The first-order chi connectivity index (χ1) is 18.6. The summed E-state index contributed by atoms with van der Waals surface area (Å²) in [7, 11) is 2.19. The Labute approximate surface area is 230 Å². The summed E-state index contributed by atoms with van der Waals surface area (Å²) in [5.74, 6) is 0.536. The van der Waals surface area contributed by atoms with E-state index in [-0.39, 0.29) is 0 Å². The zero-order valence-corrected chi connectivity index (χ0v) is 22.6. The Morgan fingerprint density at radius 3 is 1.84 bits per heavy atom. The van der Waals surface area contributed by atoms with E-state index in [9.17, 15) is 5.26 Å². The number of nitrogens with one attached hydrogen (secondary N) is 1. The topological polar surface area (TPSA) is 61.1 Å². The molecule has 0 saturated carbocycles. The van der Waals surface area contributed by atoms with Gasteiger partial charge in [-0.2, -0.15) is 5.26 Å². The Morgan fingerprint density at radius 1 is 0.789 bits per heavy atom. The zero-order valence-electron chi connectivity index (χ0n) is 21.9. The first kappa shape index (κ1) is 25.9. The molecule has 0 spiro atoms. The zero-order chi connectivity index (χ0) is 26.3. The smallest absolute Gasteiger partial charge is 0.212 e. The van der Waals surface area contributed by atoms with E-state index in [0.29, 0.717) is 16.7 Å². The Hall–Kier alpha value is -3.73. The lowest BCUT2D eigenvalue weighted by Gasteiger charge is -2.37. The molecule has 0 radical (unpaired) electrons. The SMILES string of the molecule is CN1CCN(c2ccc(Cc3ccc(N4CCN(C(=Nc5ccccc5Cl)NC#N)CC4)cc3)cc2)CC1. The summed E-state index contributed by atoms with van der Waals surface area (Å²) >= 11 is 6.27. The second-order valence-electron chi connectivity index (χ2n) is 9.90. The normalized spacial score (nSPS) is 16.9. The fraction of sp³-hybridized carbons (Fsp3) is 0.333. The van der Waals surface area contributed by atoms with Gasteiger partial charge in [0.25, 0.3) is 0 Å². The van der Waals surface area contributed by atoms with E-state index in [1.165, 1.54) is 22.5 Å². The number of anilines is 2. The van der Waals surface area contributed by atoms with Crippen molar-refractivity contribution in [2.24, 2.45) is 4.99 Å². The lowest BCUT2D eigenvalue weighted by Crippen LogP contribution is -2.51. The van der Waals surface area contributed by atoms with Crippen LogP contribution in [-0.2, 0) is 6.42 Å². The van der Waals surface area contributed by atoms with Crippen LogP contribution in [0, 0.1) is 11.5 Å². The molecule has 0 aliphatic carbocycles. The first-order valence-corrected chi connectivity index (χ1v) is 13.6. The molecule has 196 valence electrons. The van der Waals surface area contributed by atoms with Crippen molar-refractivity contribution >= 4 is 34.6 Å². The number of rotatable bonds is 5. The lowest BCUT2D eigenvalue weighted by molar-refractivity contribution is 0.313. The summed E-state index contributed by atoms with van der Waals surface area (Å²) in [5.41, 5.74) is 5.84. The number of hydrogen-bond donors (Lipinski definition) is 1. The highest BCUT2D eigenvalue weighted by Crippen LogP contribution is 2.25. The molecule has 0 amide bonds. The quantitative estimate of drug-likeness (QED) is 0.227. The third-order valence-electron chi connectivity index (χ3n) is 7.34. The summed E-state index contributed by atoms with van der Waals surface area (Å²) in [5, 5.41) is 12.5. The summed E-state index contributed by atoms with van der Waals surface area (Å²) in [6, 6.07) is 25.4. The molecule has 2 fully saturated rings. The number of piperazine rings is 2. The van der Waals surface area contributed by atoms with Gasteiger partial charge >= 0.3 is 0 Å². The highest BCUT2D eigenvalue weighted by molar-refractivity contribution is 6.33. The van der Waals surface area contributed by atoms with Gasteiger partial charge in [0, 0.05) is 63.7 Å². The molecule has 0 aromatic heterocycles. The van der Waals surface area contributed by atoms with Gasteiger partial charge in [0.15, 0.2) is 6.19 Å². The number of hydrogen-bond acceptors (Lipinski definition) is 5. The summed E-state index contributed by atoms with van der Waals surface area (Å²) < 4.78 is 0. The van der Waals surface area contributed by atoms with Crippen LogP contribution in [-0.4, -0.2) is 75.2 Å². The molecule has 2 aliphatic rings.